The first-order valence-corrected chi connectivity index (χ1v) is 8.63. The van der Waals surface area contributed by atoms with E-state index in [2.05, 4.69) is 78.9 Å². The summed E-state index contributed by atoms with van der Waals surface area (Å²) >= 11 is 0. The van der Waals surface area contributed by atoms with Gasteiger partial charge >= 0.3 is 111 Å². The molecule has 24 heavy (non-hydrogen) atoms. The van der Waals surface area contributed by atoms with Crippen LogP contribution in [-0.4, -0.2) is 0 Å². The van der Waals surface area contributed by atoms with Crippen LogP contribution in [0.2, 0.25) is 0 Å². The van der Waals surface area contributed by atoms with E-state index in [-0.39, 0.29) is 7.92 Å². The second kappa shape index (κ2) is 7.40. The third-order valence-electron chi connectivity index (χ3n) is 4.07. The zero-order valence-corrected chi connectivity index (χ0v) is 14.7. The van der Waals surface area contributed by atoms with Crippen molar-refractivity contribution in [2.24, 2.45) is 0 Å². The minimum absolute atomic E-state index is 0.0563. The van der Waals surface area contributed by atoms with Crippen molar-refractivity contribution in [3.8, 4) is 22.4 Å². The fourth-order valence-corrected chi connectivity index (χ4v) is 3.07. The molecule has 3 nitrogen and oxygen atoms in total. The summed E-state index contributed by atoms with van der Waals surface area (Å²) in [5, 5.41) is 0. The Morgan fingerprint density at radius 2 is 1.42 bits per heavy atom. The zero-order chi connectivity index (χ0) is 16.9. The number of hydrogen-bond acceptors (Lipinski definition) is 1. The van der Waals surface area contributed by atoms with E-state index in [0.29, 0.717) is 6.54 Å². The number of pyridine rings is 2. The van der Waals surface area contributed by atoms with Crippen LogP contribution in [0, 0.1) is 19.5 Å². The molecule has 3 rings (SSSR count). The molecule has 0 radical (unpaired) electrons. The number of rotatable bonds is 3. The quantitative estimate of drug-likeness (QED) is 0.528. The number of benzene rings is 1. The molecule has 0 aliphatic rings. The van der Waals surface area contributed by atoms with Crippen molar-refractivity contribution in [1.82, 2.24) is 0 Å². The van der Waals surface area contributed by atoms with Gasteiger partial charge in [0, 0.05) is 0 Å². The minimum atomic E-state index is -0.0563. The maximum absolute atomic E-state index is 10.4. The van der Waals surface area contributed by atoms with E-state index < -0.39 is 0 Å². The topological polar surface area (TPSA) is 24.8 Å². The van der Waals surface area contributed by atoms with Gasteiger partial charge in [0.25, 0.3) is 0 Å². The average Bonchev–Trinajstić information content (AvgIpc) is 2.61. The van der Waals surface area contributed by atoms with Crippen molar-refractivity contribution in [3.05, 3.63) is 78.4 Å². The monoisotopic (exact) mass is 334 g/mol. The van der Waals surface area contributed by atoms with Gasteiger partial charge in [-0.15, -0.1) is 0 Å². The van der Waals surface area contributed by atoms with Crippen LogP contribution in [0.15, 0.2) is 67.3 Å². The number of aryl methyl sites for hydroxylation is 2. The van der Waals surface area contributed by atoms with E-state index in [1.165, 1.54) is 22.4 Å². The van der Waals surface area contributed by atoms with Crippen molar-refractivity contribution < 1.29 is 13.7 Å². The van der Waals surface area contributed by atoms with Crippen molar-refractivity contribution in [2.45, 2.75) is 20.4 Å². The summed E-state index contributed by atoms with van der Waals surface area (Å²) in [6.45, 7) is 4.79. The fourth-order valence-electron chi connectivity index (χ4n) is 2.85. The number of aromatic nitrogens is 2. The van der Waals surface area contributed by atoms with Gasteiger partial charge in [-0.1, -0.05) is 18.2 Å². The number of hydrogen-bond donors (Lipinski definition) is 0. The van der Waals surface area contributed by atoms with Gasteiger partial charge in [0.15, 0.2) is 0 Å². The normalized spacial score (nSPS) is 10.2. The molecule has 0 saturated carbocycles. The number of nitrogens with zero attached hydrogens (tertiary/aromatic N) is 2. The van der Waals surface area contributed by atoms with Crippen molar-refractivity contribution in [3.63, 3.8) is 0 Å². The van der Waals surface area contributed by atoms with Gasteiger partial charge in [-0.2, -0.15) is 0 Å². The SMILES string of the molecule is Cc1cccc(C)c1-[n+]1ccc(-c2cc[n+](CC#P=O)cc2)cc1. The van der Waals surface area contributed by atoms with Crippen LogP contribution in [0.25, 0.3) is 16.8 Å². The summed E-state index contributed by atoms with van der Waals surface area (Å²) in [5.74, 6) is 0. The molecule has 3 aromatic rings. The van der Waals surface area contributed by atoms with Crippen molar-refractivity contribution >= 4 is 7.92 Å². The van der Waals surface area contributed by atoms with Crippen LogP contribution in [0.4, 0.5) is 0 Å². The van der Waals surface area contributed by atoms with E-state index in [9.17, 15) is 4.57 Å². The van der Waals surface area contributed by atoms with Crippen molar-refractivity contribution in [2.75, 3.05) is 0 Å². The molecule has 2 heterocycles. The Morgan fingerprint density at radius 1 is 0.875 bits per heavy atom. The molecular formula is C20H19N2OP+2. The molecule has 4 heteroatoms. The Kier molecular flexibility index (Phi) is 5.05. The first-order valence-electron chi connectivity index (χ1n) is 7.81. The Bertz CT molecular complexity index is 938. The third kappa shape index (κ3) is 3.54. The molecule has 0 aliphatic heterocycles. The van der Waals surface area contributed by atoms with Gasteiger partial charge in [-0.3, -0.25) is 0 Å². The van der Waals surface area contributed by atoms with Crippen LogP contribution in [0.3, 0.4) is 0 Å². The summed E-state index contributed by atoms with van der Waals surface area (Å²) in [4.78, 5) is 0. The molecule has 1 aromatic carbocycles. The first-order chi connectivity index (χ1) is 11.7. The summed E-state index contributed by atoms with van der Waals surface area (Å²) in [6.07, 6.45) is 8.15. The predicted molar refractivity (Wildman–Crippen MR) is 94.6 cm³/mol. The molecule has 118 valence electrons. The zero-order valence-electron chi connectivity index (χ0n) is 13.8. The van der Waals surface area contributed by atoms with Crippen molar-refractivity contribution in [1.29, 1.82) is 0 Å². The Morgan fingerprint density at radius 3 is 1.96 bits per heavy atom. The van der Waals surface area contributed by atoms with Gasteiger partial charge in [-0.05, 0) is 13.8 Å². The van der Waals surface area contributed by atoms with E-state index >= 15 is 0 Å². The van der Waals surface area contributed by atoms with Gasteiger partial charge in [0.1, 0.15) is 0 Å². The Balaban J connectivity index is 1.89. The fraction of sp³-hybridized carbons (Fsp3) is 0.150. The maximum atomic E-state index is 10.4. The molecule has 0 N–H and O–H groups in total. The molecule has 0 atom stereocenters. The van der Waals surface area contributed by atoms with Gasteiger partial charge in [0.05, 0.1) is 0 Å². The van der Waals surface area contributed by atoms with Gasteiger partial charge < -0.3 is 0 Å². The van der Waals surface area contributed by atoms with E-state index in [4.69, 9.17) is 0 Å². The summed E-state index contributed by atoms with van der Waals surface area (Å²) in [7, 11) is -0.0563. The van der Waals surface area contributed by atoms with Gasteiger partial charge in [0.2, 0.25) is 0 Å². The summed E-state index contributed by atoms with van der Waals surface area (Å²) < 4.78 is 14.5. The van der Waals surface area contributed by atoms with E-state index in [1.807, 2.05) is 17.0 Å². The van der Waals surface area contributed by atoms with Gasteiger partial charge in [-0.25, -0.2) is 0 Å². The molecule has 0 unspecified atom stereocenters. The van der Waals surface area contributed by atoms with E-state index in [1.54, 1.807) is 0 Å². The molecule has 2 aromatic heterocycles. The molecule has 0 saturated heterocycles. The molecule has 0 spiro atoms. The summed E-state index contributed by atoms with van der Waals surface area (Å²) in [6, 6.07) is 14.7. The molecule has 0 amide bonds. The standard InChI is InChI=1S/C20H19N2OP/c1-16-4-3-5-17(2)20(16)22-12-8-19(9-13-22)18-6-10-21(11-7-18)14-15-24-23/h3-13H,14H2,1-2H3/q+2. The predicted octanol–water partition coefficient (Wildman–Crippen LogP) is 3.79. The van der Waals surface area contributed by atoms with Crippen LogP contribution in [0.1, 0.15) is 11.1 Å². The van der Waals surface area contributed by atoms with E-state index in [0.717, 1.165) is 5.56 Å². The first kappa shape index (κ1) is 16.4. The number of para-hydroxylation sites is 1. The Hall–Kier alpha value is -2.47. The molecule has 0 bridgehead atoms. The second-order valence-corrected chi connectivity index (χ2v) is 6.24. The Labute approximate surface area is 143 Å². The van der Waals surface area contributed by atoms with Crippen LogP contribution in [-0.2, 0) is 11.1 Å². The molecule has 0 fully saturated rings. The second-order valence-electron chi connectivity index (χ2n) is 5.74. The van der Waals surface area contributed by atoms with Crippen LogP contribution < -0.4 is 9.13 Å². The average molecular weight is 334 g/mol. The third-order valence-corrected chi connectivity index (χ3v) is 4.34. The van der Waals surface area contributed by atoms with Crippen LogP contribution in [0.5, 0.6) is 0 Å². The summed E-state index contributed by atoms with van der Waals surface area (Å²) in [5.41, 5.74) is 8.81. The van der Waals surface area contributed by atoms with Crippen LogP contribution >= 0.6 is 7.92 Å². The molecular weight excluding hydrogens is 315 g/mol. The molecule has 0 aliphatic carbocycles.